The Morgan fingerprint density at radius 1 is 1.06 bits per heavy atom. The first kappa shape index (κ1) is 23.3. The van der Waals surface area contributed by atoms with E-state index in [1.807, 2.05) is 18.2 Å². The lowest BCUT2D eigenvalue weighted by atomic mass is 9.96. The fourth-order valence-corrected chi connectivity index (χ4v) is 5.17. The van der Waals surface area contributed by atoms with Crippen molar-refractivity contribution in [2.75, 3.05) is 39.8 Å². The maximum Gasteiger partial charge on any atom is 0.254 e. The van der Waals surface area contributed by atoms with Crippen LogP contribution in [0.5, 0.6) is 5.75 Å². The summed E-state index contributed by atoms with van der Waals surface area (Å²) >= 11 is 0. The van der Waals surface area contributed by atoms with E-state index < -0.39 is 6.10 Å². The molecule has 182 valence electrons. The highest BCUT2D eigenvalue weighted by Gasteiger charge is 2.37. The number of nitrogens with zero attached hydrogens (tertiary/aromatic N) is 3. The van der Waals surface area contributed by atoms with Crippen molar-refractivity contribution in [3.63, 3.8) is 0 Å². The summed E-state index contributed by atoms with van der Waals surface area (Å²) < 4.78 is 5.60. The van der Waals surface area contributed by atoms with Crippen molar-refractivity contribution in [3.05, 3.63) is 64.7 Å². The molecule has 0 aliphatic carbocycles. The highest BCUT2D eigenvalue weighted by atomic mass is 16.5. The molecule has 9 nitrogen and oxygen atoms in total. The second kappa shape index (κ2) is 9.66. The van der Waals surface area contributed by atoms with E-state index in [1.54, 1.807) is 41.2 Å². The molecule has 3 heterocycles. The SMILES string of the molecule is COc1cc(C(=O)N2CC(O)C[C@@H]2c2cccc(C(=O)N3CC(C#N)C3)c2)ccc1C1CNNC1. The Kier molecular flexibility index (Phi) is 6.43. The minimum Gasteiger partial charge on any atom is -0.496 e. The van der Waals surface area contributed by atoms with Crippen LogP contribution in [0.4, 0.5) is 0 Å². The van der Waals surface area contributed by atoms with Crippen molar-refractivity contribution in [2.45, 2.75) is 24.5 Å². The predicted octanol–water partition coefficient (Wildman–Crippen LogP) is 1.43. The highest BCUT2D eigenvalue weighted by molar-refractivity contribution is 5.96. The van der Waals surface area contributed by atoms with E-state index >= 15 is 0 Å². The van der Waals surface area contributed by atoms with Crippen LogP contribution in [0.1, 0.15) is 50.2 Å². The Labute approximate surface area is 204 Å². The van der Waals surface area contributed by atoms with Gasteiger partial charge in [-0.15, -0.1) is 0 Å². The molecule has 3 fully saturated rings. The van der Waals surface area contributed by atoms with Gasteiger partial charge >= 0.3 is 0 Å². The van der Waals surface area contributed by atoms with Crippen molar-refractivity contribution < 1.29 is 19.4 Å². The number of nitriles is 1. The maximum absolute atomic E-state index is 13.6. The number of likely N-dealkylation sites (tertiary alicyclic amines) is 2. The number of carbonyl (C=O) groups excluding carboxylic acids is 2. The van der Waals surface area contributed by atoms with Gasteiger partial charge in [0.15, 0.2) is 0 Å². The molecule has 3 aliphatic rings. The molecule has 2 amide bonds. The van der Waals surface area contributed by atoms with Crippen molar-refractivity contribution in [1.29, 1.82) is 5.26 Å². The zero-order chi connectivity index (χ0) is 24.5. The summed E-state index contributed by atoms with van der Waals surface area (Å²) in [5.74, 6) is 0.511. The highest BCUT2D eigenvalue weighted by Crippen LogP contribution is 2.36. The number of aliphatic hydroxyl groups is 1. The molecule has 3 N–H and O–H groups in total. The minimum atomic E-state index is -0.646. The summed E-state index contributed by atoms with van der Waals surface area (Å²) in [6.07, 6.45) is -0.245. The number of hydrogen-bond acceptors (Lipinski definition) is 7. The van der Waals surface area contributed by atoms with E-state index in [-0.39, 0.29) is 36.2 Å². The lowest BCUT2D eigenvalue weighted by molar-refractivity contribution is 0.0577. The number of methoxy groups -OCH3 is 1. The van der Waals surface area contributed by atoms with Crippen LogP contribution in [0, 0.1) is 17.2 Å². The van der Waals surface area contributed by atoms with Gasteiger partial charge in [-0.05, 0) is 41.8 Å². The summed E-state index contributed by atoms with van der Waals surface area (Å²) in [4.78, 5) is 29.7. The van der Waals surface area contributed by atoms with Gasteiger partial charge in [0.1, 0.15) is 5.75 Å². The summed E-state index contributed by atoms with van der Waals surface area (Å²) in [6, 6.07) is 14.6. The summed E-state index contributed by atoms with van der Waals surface area (Å²) in [5.41, 5.74) is 9.10. The van der Waals surface area contributed by atoms with Gasteiger partial charge in [-0.3, -0.25) is 20.4 Å². The molecular weight excluding hydrogens is 446 g/mol. The molecule has 9 heteroatoms. The van der Waals surface area contributed by atoms with Crippen LogP contribution in [-0.2, 0) is 0 Å². The van der Waals surface area contributed by atoms with E-state index in [1.165, 1.54) is 0 Å². The molecule has 0 spiro atoms. The van der Waals surface area contributed by atoms with Gasteiger partial charge in [0, 0.05) is 49.8 Å². The number of β-amino-alcohol motifs (C(OH)–C–C–N with tert-alkyl or cyclic N) is 1. The molecule has 3 saturated heterocycles. The molecule has 0 bridgehead atoms. The molecule has 0 saturated carbocycles. The van der Waals surface area contributed by atoms with Gasteiger partial charge in [0.05, 0.1) is 31.2 Å². The monoisotopic (exact) mass is 475 g/mol. The normalized spacial score (nSPS) is 22.7. The fourth-order valence-electron chi connectivity index (χ4n) is 5.17. The van der Waals surface area contributed by atoms with Crippen molar-refractivity contribution in [2.24, 2.45) is 5.92 Å². The quantitative estimate of drug-likeness (QED) is 0.599. The smallest absolute Gasteiger partial charge is 0.254 e. The van der Waals surface area contributed by atoms with Crippen LogP contribution in [0.15, 0.2) is 42.5 Å². The topological polar surface area (TPSA) is 118 Å². The van der Waals surface area contributed by atoms with Gasteiger partial charge in [-0.1, -0.05) is 18.2 Å². The van der Waals surface area contributed by atoms with Gasteiger partial charge in [-0.2, -0.15) is 5.26 Å². The van der Waals surface area contributed by atoms with Crippen molar-refractivity contribution in [3.8, 4) is 11.8 Å². The van der Waals surface area contributed by atoms with Crippen LogP contribution in [0.2, 0.25) is 0 Å². The molecule has 35 heavy (non-hydrogen) atoms. The molecule has 3 aliphatic heterocycles. The number of benzene rings is 2. The number of carbonyl (C=O) groups is 2. The molecule has 0 radical (unpaired) electrons. The molecule has 2 aromatic carbocycles. The predicted molar refractivity (Wildman–Crippen MR) is 128 cm³/mol. The second-order valence-electron chi connectivity index (χ2n) is 9.44. The van der Waals surface area contributed by atoms with Crippen LogP contribution in [-0.4, -0.2) is 72.7 Å². The van der Waals surface area contributed by atoms with E-state index in [9.17, 15) is 14.7 Å². The largest absolute Gasteiger partial charge is 0.496 e. The molecule has 2 atom stereocenters. The Hall–Kier alpha value is -3.45. The third-order valence-corrected chi connectivity index (χ3v) is 7.15. The van der Waals surface area contributed by atoms with Gasteiger partial charge < -0.3 is 19.6 Å². The van der Waals surface area contributed by atoms with E-state index in [0.717, 1.165) is 24.2 Å². The number of amides is 2. The molecular formula is C26H29N5O4. The molecule has 1 unspecified atom stereocenters. The number of hydrogen-bond donors (Lipinski definition) is 3. The van der Waals surface area contributed by atoms with E-state index in [4.69, 9.17) is 10.00 Å². The fraction of sp³-hybridized carbons (Fsp3) is 0.423. The number of ether oxygens (including phenoxy) is 1. The molecule has 5 rings (SSSR count). The van der Waals surface area contributed by atoms with Crippen LogP contribution in [0.3, 0.4) is 0 Å². The Balaban J connectivity index is 1.37. The Bertz CT molecular complexity index is 1170. The molecule has 0 aromatic heterocycles. The Morgan fingerprint density at radius 3 is 2.51 bits per heavy atom. The van der Waals surface area contributed by atoms with E-state index in [2.05, 4.69) is 16.9 Å². The lowest BCUT2D eigenvalue weighted by Gasteiger charge is -2.35. The van der Waals surface area contributed by atoms with Gasteiger partial charge in [0.25, 0.3) is 11.8 Å². The first-order chi connectivity index (χ1) is 17.0. The summed E-state index contributed by atoms with van der Waals surface area (Å²) in [7, 11) is 1.60. The summed E-state index contributed by atoms with van der Waals surface area (Å²) in [6.45, 7) is 2.67. The summed E-state index contributed by atoms with van der Waals surface area (Å²) in [5, 5.41) is 19.4. The second-order valence-corrected chi connectivity index (χ2v) is 9.44. The van der Waals surface area contributed by atoms with Crippen LogP contribution in [0.25, 0.3) is 0 Å². The average Bonchev–Trinajstić information content (AvgIpc) is 3.52. The van der Waals surface area contributed by atoms with Gasteiger partial charge in [0.2, 0.25) is 0 Å². The van der Waals surface area contributed by atoms with Gasteiger partial charge in [-0.25, -0.2) is 0 Å². The first-order valence-corrected chi connectivity index (χ1v) is 11.9. The number of nitrogens with one attached hydrogen (secondary N) is 2. The zero-order valence-corrected chi connectivity index (χ0v) is 19.6. The number of aliphatic hydroxyl groups excluding tert-OH is 1. The van der Waals surface area contributed by atoms with E-state index in [0.29, 0.717) is 36.4 Å². The standard InChI is InChI=1S/C26H29N5O4/c1-35-24-8-19(5-6-22(24)20-11-28-29-12-20)26(34)31-15-21(32)9-23(31)17-3-2-4-18(7-17)25(33)30-13-16(10-27)14-30/h2-8,16,20-21,23,28-29,32H,9,11-15H2,1H3/t21?,23-/m1/s1. The third kappa shape index (κ3) is 4.48. The zero-order valence-electron chi connectivity index (χ0n) is 19.6. The van der Waals surface area contributed by atoms with Crippen LogP contribution < -0.4 is 15.6 Å². The first-order valence-electron chi connectivity index (χ1n) is 11.9. The maximum atomic E-state index is 13.6. The Morgan fingerprint density at radius 2 is 1.80 bits per heavy atom. The number of hydrazine groups is 1. The van der Waals surface area contributed by atoms with Crippen LogP contribution >= 0.6 is 0 Å². The molecule has 2 aromatic rings. The minimum absolute atomic E-state index is 0.107. The average molecular weight is 476 g/mol. The number of rotatable bonds is 5. The van der Waals surface area contributed by atoms with Crippen molar-refractivity contribution in [1.82, 2.24) is 20.7 Å². The third-order valence-electron chi connectivity index (χ3n) is 7.15. The van der Waals surface area contributed by atoms with Crippen molar-refractivity contribution >= 4 is 11.8 Å². The lowest BCUT2D eigenvalue weighted by Crippen LogP contribution is -2.49.